The second-order valence-corrected chi connectivity index (χ2v) is 4.05. The van der Waals surface area contributed by atoms with Crippen molar-refractivity contribution in [2.24, 2.45) is 5.73 Å². The molecule has 0 fully saturated rings. The second-order valence-electron chi connectivity index (χ2n) is 4.05. The highest BCUT2D eigenvalue weighted by Gasteiger charge is 2.18. The molecule has 1 aromatic carbocycles. The third kappa shape index (κ3) is 2.91. The molecular weight excluding hydrogens is 264 g/mol. The van der Waals surface area contributed by atoms with Crippen LogP contribution in [0.5, 0.6) is 5.75 Å². The molecule has 1 heterocycles. The molecule has 1 aromatic heterocycles. The van der Waals surface area contributed by atoms with Gasteiger partial charge in [0.05, 0.1) is 12.0 Å². The molecule has 20 heavy (non-hydrogen) atoms. The SMILES string of the molecule is COc1ccc(-c2nc(CCCN)no2)cc1[N+](=O)[O-]. The molecule has 8 nitrogen and oxygen atoms in total. The van der Waals surface area contributed by atoms with Crippen molar-refractivity contribution < 1.29 is 14.2 Å². The van der Waals surface area contributed by atoms with E-state index >= 15 is 0 Å². The number of ether oxygens (including phenoxy) is 1. The molecule has 0 saturated carbocycles. The molecule has 8 heteroatoms. The number of methoxy groups -OCH3 is 1. The van der Waals surface area contributed by atoms with E-state index in [1.807, 2.05) is 0 Å². The normalized spacial score (nSPS) is 10.5. The van der Waals surface area contributed by atoms with Crippen LogP contribution in [0.3, 0.4) is 0 Å². The zero-order chi connectivity index (χ0) is 14.5. The summed E-state index contributed by atoms with van der Waals surface area (Å²) in [5, 5.41) is 14.8. The Labute approximate surface area is 114 Å². The van der Waals surface area contributed by atoms with Gasteiger partial charge in [0.25, 0.3) is 5.89 Å². The molecule has 0 unspecified atom stereocenters. The quantitative estimate of drug-likeness (QED) is 0.629. The van der Waals surface area contributed by atoms with Gasteiger partial charge in [-0.2, -0.15) is 4.98 Å². The van der Waals surface area contributed by atoms with Crippen LogP contribution in [-0.2, 0) is 6.42 Å². The van der Waals surface area contributed by atoms with Crippen LogP contribution in [0.2, 0.25) is 0 Å². The maximum Gasteiger partial charge on any atom is 0.311 e. The van der Waals surface area contributed by atoms with Gasteiger partial charge in [-0.05, 0) is 25.1 Å². The topological polar surface area (TPSA) is 117 Å². The Bertz CT molecular complexity index is 611. The molecule has 0 spiro atoms. The van der Waals surface area contributed by atoms with Crippen molar-refractivity contribution in [2.45, 2.75) is 12.8 Å². The van der Waals surface area contributed by atoms with Gasteiger partial charge in [0.1, 0.15) is 0 Å². The molecule has 106 valence electrons. The average molecular weight is 278 g/mol. The molecule has 2 aromatic rings. The van der Waals surface area contributed by atoms with E-state index in [1.54, 1.807) is 6.07 Å². The second kappa shape index (κ2) is 6.11. The average Bonchev–Trinajstić information content (AvgIpc) is 2.93. The van der Waals surface area contributed by atoms with Gasteiger partial charge in [0.2, 0.25) is 0 Å². The lowest BCUT2D eigenvalue weighted by atomic mass is 10.2. The first-order chi connectivity index (χ1) is 9.65. The van der Waals surface area contributed by atoms with E-state index in [0.29, 0.717) is 24.4 Å². The minimum Gasteiger partial charge on any atom is -0.490 e. The van der Waals surface area contributed by atoms with Gasteiger partial charge >= 0.3 is 5.69 Å². The highest BCUT2D eigenvalue weighted by atomic mass is 16.6. The number of aryl methyl sites for hydroxylation is 1. The van der Waals surface area contributed by atoms with Gasteiger partial charge in [-0.15, -0.1) is 0 Å². The van der Waals surface area contributed by atoms with Crippen molar-refractivity contribution in [2.75, 3.05) is 13.7 Å². The molecule has 0 bridgehead atoms. The van der Waals surface area contributed by atoms with Crippen LogP contribution >= 0.6 is 0 Å². The molecule has 2 rings (SSSR count). The molecule has 2 N–H and O–H groups in total. The Hall–Kier alpha value is -2.48. The Morgan fingerprint density at radius 2 is 2.30 bits per heavy atom. The largest absolute Gasteiger partial charge is 0.490 e. The lowest BCUT2D eigenvalue weighted by molar-refractivity contribution is -0.385. The summed E-state index contributed by atoms with van der Waals surface area (Å²) in [7, 11) is 1.37. The lowest BCUT2D eigenvalue weighted by Gasteiger charge is -2.01. The van der Waals surface area contributed by atoms with Crippen LogP contribution in [0.1, 0.15) is 12.2 Å². The summed E-state index contributed by atoms with van der Waals surface area (Å²) in [6, 6.07) is 4.47. The third-order valence-electron chi connectivity index (χ3n) is 2.70. The molecule has 0 radical (unpaired) electrons. The summed E-state index contributed by atoms with van der Waals surface area (Å²) in [5.74, 6) is 0.952. The first-order valence-electron chi connectivity index (χ1n) is 6.01. The highest BCUT2D eigenvalue weighted by Crippen LogP contribution is 2.31. The van der Waals surface area contributed by atoms with E-state index in [4.69, 9.17) is 15.0 Å². The van der Waals surface area contributed by atoms with Crippen molar-refractivity contribution in [1.82, 2.24) is 10.1 Å². The van der Waals surface area contributed by atoms with Gasteiger partial charge in [-0.3, -0.25) is 10.1 Å². The molecule has 0 atom stereocenters. The lowest BCUT2D eigenvalue weighted by Crippen LogP contribution is -2.01. The fourth-order valence-corrected chi connectivity index (χ4v) is 1.70. The third-order valence-corrected chi connectivity index (χ3v) is 2.70. The Morgan fingerprint density at radius 3 is 2.95 bits per heavy atom. The van der Waals surface area contributed by atoms with Crippen LogP contribution in [0.4, 0.5) is 5.69 Å². The Kier molecular flexibility index (Phi) is 4.26. The number of nitro benzene ring substituents is 1. The number of nitrogens with zero attached hydrogens (tertiary/aromatic N) is 3. The number of hydrogen-bond acceptors (Lipinski definition) is 7. The number of benzene rings is 1. The summed E-state index contributed by atoms with van der Waals surface area (Å²) in [5.41, 5.74) is 5.73. The molecule has 0 saturated heterocycles. The number of hydrogen-bond donors (Lipinski definition) is 1. The van der Waals surface area contributed by atoms with Crippen molar-refractivity contribution in [1.29, 1.82) is 0 Å². The molecule has 0 aliphatic rings. The molecule has 0 aliphatic heterocycles. The van der Waals surface area contributed by atoms with E-state index in [1.165, 1.54) is 19.2 Å². The zero-order valence-electron chi connectivity index (χ0n) is 10.9. The predicted molar refractivity (Wildman–Crippen MR) is 70.3 cm³/mol. The first-order valence-corrected chi connectivity index (χ1v) is 6.01. The summed E-state index contributed by atoms with van der Waals surface area (Å²) in [4.78, 5) is 14.6. The van der Waals surface area contributed by atoms with E-state index in [2.05, 4.69) is 10.1 Å². The van der Waals surface area contributed by atoms with Crippen molar-refractivity contribution in [3.05, 3.63) is 34.1 Å². The van der Waals surface area contributed by atoms with Crippen molar-refractivity contribution >= 4 is 5.69 Å². The van der Waals surface area contributed by atoms with E-state index in [9.17, 15) is 10.1 Å². The predicted octanol–water partition coefficient (Wildman–Crippen LogP) is 1.54. The summed E-state index contributed by atoms with van der Waals surface area (Å²) >= 11 is 0. The van der Waals surface area contributed by atoms with Crippen LogP contribution in [0.15, 0.2) is 22.7 Å². The zero-order valence-corrected chi connectivity index (χ0v) is 10.9. The van der Waals surface area contributed by atoms with Gasteiger partial charge in [0, 0.05) is 18.1 Å². The van der Waals surface area contributed by atoms with Crippen LogP contribution < -0.4 is 10.5 Å². The highest BCUT2D eigenvalue weighted by molar-refractivity contribution is 5.62. The van der Waals surface area contributed by atoms with Crippen LogP contribution in [0, 0.1) is 10.1 Å². The molecule has 0 aliphatic carbocycles. The number of nitrogens with two attached hydrogens (primary N) is 1. The molecule has 0 amide bonds. The van der Waals surface area contributed by atoms with E-state index in [-0.39, 0.29) is 17.3 Å². The monoisotopic (exact) mass is 278 g/mol. The maximum atomic E-state index is 11.0. The smallest absolute Gasteiger partial charge is 0.311 e. The Balaban J connectivity index is 2.30. The van der Waals surface area contributed by atoms with Gasteiger partial charge < -0.3 is 15.0 Å². The number of rotatable bonds is 6. The standard InChI is InChI=1S/C12H14N4O4/c1-19-10-5-4-8(7-9(10)16(17)18)12-14-11(15-20-12)3-2-6-13/h4-5,7H,2-3,6,13H2,1H3. The summed E-state index contributed by atoms with van der Waals surface area (Å²) < 4.78 is 10.0. The van der Waals surface area contributed by atoms with Gasteiger partial charge in [0.15, 0.2) is 11.6 Å². The summed E-state index contributed by atoms with van der Waals surface area (Å²) in [6.07, 6.45) is 1.36. The molecular formula is C12H14N4O4. The van der Waals surface area contributed by atoms with E-state index < -0.39 is 4.92 Å². The van der Waals surface area contributed by atoms with Gasteiger partial charge in [-0.1, -0.05) is 5.16 Å². The summed E-state index contributed by atoms with van der Waals surface area (Å²) in [6.45, 7) is 0.540. The fraction of sp³-hybridized carbons (Fsp3) is 0.333. The van der Waals surface area contributed by atoms with Crippen LogP contribution in [0.25, 0.3) is 11.5 Å². The number of nitro groups is 1. The van der Waals surface area contributed by atoms with E-state index in [0.717, 1.165) is 6.42 Å². The minimum atomic E-state index is -0.520. The maximum absolute atomic E-state index is 11.0. The van der Waals surface area contributed by atoms with Crippen molar-refractivity contribution in [3.8, 4) is 17.2 Å². The van der Waals surface area contributed by atoms with Gasteiger partial charge in [-0.25, -0.2) is 0 Å². The first kappa shape index (κ1) is 13.9. The Morgan fingerprint density at radius 1 is 1.50 bits per heavy atom. The fourth-order valence-electron chi connectivity index (χ4n) is 1.70. The minimum absolute atomic E-state index is 0.147. The van der Waals surface area contributed by atoms with Crippen LogP contribution in [-0.4, -0.2) is 28.7 Å². The van der Waals surface area contributed by atoms with Crippen molar-refractivity contribution in [3.63, 3.8) is 0 Å². The number of aromatic nitrogens is 2.